The molecule has 0 aromatic rings. The average molecular weight is 246 g/mol. The molecule has 1 rings (SSSR count). The van der Waals surface area contributed by atoms with Gasteiger partial charge >= 0.3 is 5.97 Å². The molecule has 0 fully saturated rings. The number of carbonyl (C=O) groups excluding carboxylic acids is 1. The number of hydrogen-bond donors (Lipinski definition) is 0. The second-order valence-corrected chi connectivity index (χ2v) is 9.41. The molecule has 0 aliphatic heterocycles. The Morgan fingerprint density at radius 1 is 1.50 bits per heavy atom. The Balaban J connectivity index is 2.84. The van der Waals surface area contributed by atoms with Crippen molar-refractivity contribution >= 4 is 14.3 Å². The zero-order valence-corrected chi connectivity index (χ0v) is 11.2. The number of carbonyl (C=O) groups is 1. The Morgan fingerprint density at radius 3 is 2.62 bits per heavy atom. The summed E-state index contributed by atoms with van der Waals surface area (Å²) in [6, 6.07) is 0. The molecule has 0 heterocycles. The van der Waals surface area contributed by atoms with E-state index < -0.39 is 20.3 Å². The first-order chi connectivity index (χ1) is 7.35. The summed E-state index contributed by atoms with van der Waals surface area (Å²) < 4.78 is 24.1. The Bertz CT molecular complexity index is 296. The predicted octanol–water partition coefficient (Wildman–Crippen LogP) is 2.64. The number of methoxy groups -OCH3 is 1. The monoisotopic (exact) mass is 246 g/mol. The van der Waals surface area contributed by atoms with Gasteiger partial charge in [-0.3, -0.25) is 4.79 Å². The third kappa shape index (κ3) is 3.42. The van der Waals surface area contributed by atoms with E-state index in [0.29, 0.717) is 12.8 Å². The average Bonchev–Trinajstić information content (AvgIpc) is 2.18. The number of rotatable bonds is 3. The van der Waals surface area contributed by atoms with Gasteiger partial charge in [0.05, 0.1) is 13.0 Å². The van der Waals surface area contributed by atoms with Crippen LogP contribution in [0, 0.1) is 5.92 Å². The van der Waals surface area contributed by atoms with E-state index >= 15 is 0 Å². The maximum absolute atomic E-state index is 13.7. The van der Waals surface area contributed by atoms with Gasteiger partial charge in [-0.1, -0.05) is 6.08 Å². The van der Waals surface area contributed by atoms with E-state index in [0.717, 1.165) is 0 Å². The molecule has 0 radical (unpaired) electrons. The number of hydrogen-bond acceptors (Lipinski definition) is 3. The summed E-state index contributed by atoms with van der Waals surface area (Å²) in [6.07, 6.45) is 1.92. The number of halogens is 1. The number of allylic oxidation sites excluding steroid dienone is 1. The van der Waals surface area contributed by atoms with Crippen molar-refractivity contribution in [3.63, 3.8) is 0 Å². The highest BCUT2D eigenvalue weighted by atomic mass is 28.4. The van der Waals surface area contributed by atoms with Crippen molar-refractivity contribution < 1.29 is 18.3 Å². The molecule has 0 bridgehead atoms. The maximum Gasteiger partial charge on any atom is 0.311 e. The van der Waals surface area contributed by atoms with E-state index in [-0.39, 0.29) is 11.8 Å². The van der Waals surface area contributed by atoms with Crippen LogP contribution in [0.5, 0.6) is 0 Å². The van der Waals surface area contributed by atoms with Gasteiger partial charge in [-0.2, -0.15) is 0 Å². The molecule has 0 amide bonds. The van der Waals surface area contributed by atoms with Crippen LogP contribution in [0.1, 0.15) is 12.8 Å². The molecule has 0 unspecified atom stereocenters. The van der Waals surface area contributed by atoms with Crippen molar-refractivity contribution in [2.45, 2.75) is 38.6 Å². The Labute approximate surface area is 96.8 Å². The third-order valence-corrected chi connectivity index (χ3v) is 3.40. The summed E-state index contributed by atoms with van der Waals surface area (Å²) in [5.74, 6) is -1.21. The lowest BCUT2D eigenvalue weighted by atomic mass is 9.91. The minimum atomic E-state index is -1.88. The Hall–Kier alpha value is -0.683. The first kappa shape index (κ1) is 13.4. The standard InChI is InChI=1S/C11H19FO3Si/c1-14-11(13)8-6-5-7-9(12)10(8)15-16(2,3)4/h7-8,10H,5-6H2,1-4H3/t8-,10-/m0/s1. The topological polar surface area (TPSA) is 35.5 Å². The van der Waals surface area contributed by atoms with Crippen LogP contribution < -0.4 is 0 Å². The summed E-state index contributed by atoms with van der Waals surface area (Å²) in [4.78, 5) is 11.5. The van der Waals surface area contributed by atoms with E-state index in [4.69, 9.17) is 4.43 Å². The molecule has 0 saturated carbocycles. The number of ether oxygens (including phenoxy) is 1. The molecule has 0 aromatic heterocycles. The van der Waals surface area contributed by atoms with Gasteiger partial charge in [0.25, 0.3) is 0 Å². The predicted molar refractivity (Wildman–Crippen MR) is 62.2 cm³/mol. The highest BCUT2D eigenvalue weighted by molar-refractivity contribution is 6.69. The van der Waals surface area contributed by atoms with Gasteiger partial charge in [0, 0.05) is 0 Å². The Morgan fingerprint density at radius 2 is 2.12 bits per heavy atom. The van der Waals surface area contributed by atoms with Crippen LogP contribution in [0.25, 0.3) is 0 Å². The van der Waals surface area contributed by atoms with Crippen LogP contribution in [-0.2, 0) is 14.0 Å². The molecule has 0 spiro atoms. The summed E-state index contributed by atoms with van der Waals surface area (Å²) in [5, 5.41) is 0. The summed E-state index contributed by atoms with van der Waals surface area (Å²) in [6.45, 7) is 5.93. The second kappa shape index (κ2) is 5.10. The molecular formula is C11H19FO3Si. The normalized spacial score (nSPS) is 26.2. The number of esters is 1. The molecule has 1 aliphatic carbocycles. The van der Waals surface area contributed by atoms with Crippen LogP contribution in [0.4, 0.5) is 4.39 Å². The molecule has 0 N–H and O–H groups in total. The highest BCUT2D eigenvalue weighted by Crippen LogP contribution is 2.31. The van der Waals surface area contributed by atoms with Crippen LogP contribution in [0.15, 0.2) is 11.9 Å². The van der Waals surface area contributed by atoms with E-state index in [1.54, 1.807) is 0 Å². The van der Waals surface area contributed by atoms with Crippen molar-refractivity contribution in [3.8, 4) is 0 Å². The molecular weight excluding hydrogens is 227 g/mol. The second-order valence-electron chi connectivity index (χ2n) is 4.95. The zero-order valence-electron chi connectivity index (χ0n) is 10.2. The fourth-order valence-electron chi connectivity index (χ4n) is 1.77. The van der Waals surface area contributed by atoms with Crippen LogP contribution >= 0.6 is 0 Å². The van der Waals surface area contributed by atoms with Crippen molar-refractivity contribution in [1.29, 1.82) is 0 Å². The van der Waals surface area contributed by atoms with Gasteiger partial charge in [-0.25, -0.2) is 4.39 Å². The van der Waals surface area contributed by atoms with Gasteiger partial charge in [0.15, 0.2) is 8.32 Å². The van der Waals surface area contributed by atoms with E-state index in [2.05, 4.69) is 4.74 Å². The van der Waals surface area contributed by atoms with Crippen molar-refractivity contribution in [2.75, 3.05) is 7.11 Å². The molecule has 92 valence electrons. The Kier molecular flexibility index (Phi) is 4.26. The highest BCUT2D eigenvalue weighted by Gasteiger charge is 2.38. The van der Waals surface area contributed by atoms with Gasteiger partial charge in [-0.05, 0) is 32.5 Å². The lowest BCUT2D eigenvalue weighted by molar-refractivity contribution is -0.149. The summed E-state index contributed by atoms with van der Waals surface area (Å²) in [5.41, 5.74) is 0. The molecule has 0 saturated heterocycles. The van der Waals surface area contributed by atoms with Crippen molar-refractivity contribution in [3.05, 3.63) is 11.9 Å². The zero-order chi connectivity index (χ0) is 12.3. The van der Waals surface area contributed by atoms with Crippen LogP contribution in [0.3, 0.4) is 0 Å². The van der Waals surface area contributed by atoms with Crippen molar-refractivity contribution in [2.24, 2.45) is 5.92 Å². The fraction of sp³-hybridized carbons (Fsp3) is 0.727. The largest absolute Gasteiger partial charge is 0.469 e. The summed E-state index contributed by atoms with van der Waals surface area (Å²) in [7, 11) is -0.552. The lowest BCUT2D eigenvalue weighted by Gasteiger charge is -2.32. The summed E-state index contributed by atoms with van der Waals surface area (Å²) >= 11 is 0. The maximum atomic E-state index is 13.7. The van der Waals surface area contributed by atoms with Crippen LogP contribution in [0.2, 0.25) is 19.6 Å². The third-order valence-electron chi connectivity index (χ3n) is 2.44. The molecule has 2 atom stereocenters. The minimum Gasteiger partial charge on any atom is -0.469 e. The van der Waals surface area contributed by atoms with Crippen molar-refractivity contribution in [1.82, 2.24) is 0 Å². The lowest BCUT2D eigenvalue weighted by Crippen LogP contribution is -2.41. The van der Waals surface area contributed by atoms with Gasteiger partial charge in [0.1, 0.15) is 11.9 Å². The molecule has 3 nitrogen and oxygen atoms in total. The smallest absolute Gasteiger partial charge is 0.311 e. The SMILES string of the molecule is COC(=O)[C@H]1CCC=C(F)[C@H]1O[Si](C)(C)C. The fourth-order valence-corrected chi connectivity index (χ4v) is 2.81. The first-order valence-corrected chi connectivity index (χ1v) is 8.87. The van der Waals surface area contributed by atoms with E-state index in [1.165, 1.54) is 13.2 Å². The van der Waals surface area contributed by atoms with E-state index in [9.17, 15) is 9.18 Å². The molecule has 1 aliphatic rings. The molecule has 16 heavy (non-hydrogen) atoms. The minimum absolute atomic E-state index is 0.330. The van der Waals surface area contributed by atoms with Crippen LogP contribution in [-0.4, -0.2) is 27.5 Å². The first-order valence-electron chi connectivity index (χ1n) is 5.46. The molecule has 5 heteroatoms. The molecule has 0 aromatic carbocycles. The van der Waals surface area contributed by atoms with E-state index in [1.807, 2.05) is 19.6 Å². The van der Waals surface area contributed by atoms with Gasteiger partial charge < -0.3 is 9.16 Å². The van der Waals surface area contributed by atoms with Gasteiger partial charge in [0.2, 0.25) is 0 Å². The quantitative estimate of drug-likeness (QED) is 0.567. The van der Waals surface area contributed by atoms with Gasteiger partial charge in [-0.15, -0.1) is 0 Å².